The summed E-state index contributed by atoms with van der Waals surface area (Å²) in [6.07, 6.45) is 22.8. The number of nitrogens with zero attached hydrogens (tertiary/aromatic N) is 2. The van der Waals surface area contributed by atoms with Crippen molar-refractivity contribution in [2.24, 2.45) is 0 Å². The van der Waals surface area contributed by atoms with Crippen molar-refractivity contribution in [3.63, 3.8) is 0 Å². The van der Waals surface area contributed by atoms with Crippen molar-refractivity contribution in [1.29, 1.82) is 0 Å². The molecule has 2 rings (SSSR count). The van der Waals surface area contributed by atoms with E-state index in [0.29, 0.717) is 13.0 Å². The highest BCUT2D eigenvalue weighted by atomic mass is 32.2. The van der Waals surface area contributed by atoms with Crippen molar-refractivity contribution in [3.8, 4) is 0 Å². The normalized spacial score (nSPS) is 12.1. The lowest BCUT2D eigenvalue weighted by Gasteiger charge is -2.25. The molecule has 0 saturated carbocycles. The molecule has 0 radical (unpaired) electrons. The maximum Gasteiger partial charge on any atom is 0.265 e. The first kappa shape index (κ1) is 29.8. The largest absolute Gasteiger partial charge is 0.372 e. The van der Waals surface area contributed by atoms with Crippen molar-refractivity contribution in [3.05, 3.63) is 72.1 Å². The zero-order chi connectivity index (χ0) is 26.1. The second-order valence-electron chi connectivity index (χ2n) is 9.43. The second kappa shape index (κ2) is 17.1. The van der Waals surface area contributed by atoms with E-state index in [0.717, 1.165) is 18.7 Å². The number of unbranched alkanes of at least 4 members (excludes halogenated alkanes) is 6. The molecule has 5 nitrogen and oxygen atoms in total. The van der Waals surface area contributed by atoms with Gasteiger partial charge in [-0.3, -0.25) is 4.55 Å². The number of hydrogen-bond acceptors (Lipinski definition) is 3. The lowest BCUT2D eigenvalue weighted by atomic mass is 10.1. The molecule has 1 aromatic heterocycles. The van der Waals surface area contributed by atoms with E-state index in [9.17, 15) is 8.42 Å². The summed E-state index contributed by atoms with van der Waals surface area (Å²) in [6.45, 7) is 7.36. The van der Waals surface area contributed by atoms with Gasteiger partial charge in [0.1, 0.15) is 6.54 Å². The van der Waals surface area contributed by atoms with Crippen LogP contribution < -0.4 is 9.47 Å². The monoisotopic (exact) mass is 513 g/mol. The number of rotatable bonds is 18. The van der Waals surface area contributed by atoms with Gasteiger partial charge in [0, 0.05) is 37.3 Å². The van der Waals surface area contributed by atoms with Crippen LogP contribution in [0.2, 0.25) is 0 Å². The minimum atomic E-state index is -3.89. The van der Waals surface area contributed by atoms with E-state index < -0.39 is 10.1 Å². The molecule has 0 spiro atoms. The summed E-state index contributed by atoms with van der Waals surface area (Å²) in [7, 11) is -3.89. The minimum Gasteiger partial charge on any atom is -0.372 e. The van der Waals surface area contributed by atoms with E-state index >= 15 is 0 Å². The van der Waals surface area contributed by atoms with Gasteiger partial charge in [-0.25, -0.2) is 4.57 Å². The number of aromatic nitrogens is 1. The Morgan fingerprint density at radius 3 is 1.78 bits per heavy atom. The maximum absolute atomic E-state index is 10.8. The lowest BCUT2D eigenvalue weighted by molar-refractivity contribution is -0.696. The van der Waals surface area contributed by atoms with Gasteiger partial charge >= 0.3 is 0 Å². The summed E-state index contributed by atoms with van der Waals surface area (Å²) >= 11 is 0. The number of hydrogen-bond donors (Lipinski definition) is 1. The molecule has 2 aromatic rings. The smallest absolute Gasteiger partial charge is 0.265 e. The molecule has 0 unspecified atom stereocenters. The van der Waals surface area contributed by atoms with E-state index in [4.69, 9.17) is 4.55 Å². The van der Waals surface area contributed by atoms with Crippen molar-refractivity contribution >= 4 is 28.0 Å². The van der Waals surface area contributed by atoms with Crippen LogP contribution in [0, 0.1) is 0 Å². The molecule has 0 bridgehead atoms. The van der Waals surface area contributed by atoms with Crippen LogP contribution in [0.3, 0.4) is 0 Å². The summed E-state index contributed by atoms with van der Waals surface area (Å²) in [5, 5.41) is 0. The van der Waals surface area contributed by atoms with E-state index in [-0.39, 0.29) is 5.75 Å². The van der Waals surface area contributed by atoms with Crippen LogP contribution in [0.1, 0.15) is 82.8 Å². The van der Waals surface area contributed by atoms with Crippen molar-refractivity contribution in [1.82, 2.24) is 0 Å². The zero-order valence-electron chi connectivity index (χ0n) is 22.2. The Balaban J connectivity index is 1.87. The van der Waals surface area contributed by atoms with Crippen LogP contribution in [-0.4, -0.2) is 31.8 Å². The minimum absolute atomic E-state index is 0.219. The van der Waals surface area contributed by atoms with Gasteiger partial charge in [-0.1, -0.05) is 88.8 Å². The Morgan fingerprint density at radius 2 is 1.28 bits per heavy atom. The summed E-state index contributed by atoms with van der Waals surface area (Å²) in [5.74, 6) is -0.219. The third kappa shape index (κ3) is 13.0. The first-order valence-corrected chi connectivity index (χ1v) is 15.2. The Kier molecular flexibility index (Phi) is 14.1. The molecule has 0 aliphatic carbocycles. The van der Waals surface area contributed by atoms with E-state index in [1.165, 1.54) is 62.6 Å². The molecule has 0 amide bonds. The SMILES string of the molecule is CCCCCCN(CCCCCC)c1ccc(/C=C/C=C/c2cc[n+](CCCS(=O)(=O)O)cc2)cc1. The molecular formula is C30H45N2O3S+. The molecule has 0 aliphatic rings. The fraction of sp³-hybridized carbons (Fsp3) is 0.500. The zero-order valence-corrected chi connectivity index (χ0v) is 23.0. The fourth-order valence-electron chi connectivity index (χ4n) is 4.12. The Morgan fingerprint density at radius 1 is 0.750 bits per heavy atom. The average Bonchev–Trinajstić information content (AvgIpc) is 2.86. The van der Waals surface area contributed by atoms with Crippen LogP contribution in [0.5, 0.6) is 0 Å². The molecular weight excluding hydrogens is 468 g/mol. The molecule has 6 heteroatoms. The van der Waals surface area contributed by atoms with Gasteiger partial charge in [0.15, 0.2) is 12.4 Å². The van der Waals surface area contributed by atoms with Crippen LogP contribution in [0.15, 0.2) is 60.9 Å². The molecule has 0 fully saturated rings. The molecule has 36 heavy (non-hydrogen) atoms. The van der Waals surface area contributed by atoms with Gasteiger partial charge < -0.3 is 4.90 Å². The highest BCUT2D eigenvalue weighted by Crippen LogP contribution is 2.19. The summed E-state index contributed by atoms with van der Waals surface area (Å²) < 4.78 is 32.4. The number of allylic oxidation sites excluding steroid dienone is 2. The van der Waals surface area contributed by atoms with Gasteiger partial charge in [-0.05, 0) is 36.1 Å². The van der Waals surface area contributed by atoms with E-state index in [1.807, 2.05) is 41.2 Å². The molecule has 0 aliphatic heterocycles. The average molecular weight is 514 g/mol. The van der Waals surface area contributed by atoms with Crippen molar-refractivity contribution in [2.75, 3.05) is 23.7 Å². The highest BCUT2D eigenvalue weighted by molar-refractivity contribution is 7.85. The molecule has 1 aromatic carbocycles. The fourth-order valence-corrected chi connectivity index (χ4v) is 4.61. The number of pyridine rings is 1. The standard InChI is InChI=1S/C30H44N2O3S/c1-3-5-7-11-23-32(24-12-8-6-4-2)30-18-16-28(17-19-30)14-9-10-15-29-20-25-31(26-21-29)22-13-27-36(33,34)35/h9-10,14-21,25-26H,3-8,11-13,22-24,27H2,1-2H3/p+1. The predicted molar refractivity (Wildman–Crippen MR) is 153 cm³/mol. The number of aryl methyl sites for hydroxylation is 1. The number of benzene rings is 1. The predicted octanol–water partition coefficient (Wildman–Crippen LogP) is 6.95. The third-order valence-electron chi connectivity index (χ3n) is 6.25. The van der Waals surface area contributed by atoms with Gasteiger partial charge in [0.25, 0.3) is 10.1 Å². The first-order valence-electron chi connectivity index (χ1n) is 13.6. The highest BCUT2D eigenvalue weighted by Gasteiger charge is 2.08. The van der Waals surface area contributed by atoms with Crippen LogP contribution >= 0.6 is 0 Å². The quantitative estimate of drug-likeness (QED) is 0.101. The van der Waals surface area contributed by atoms with Crippen molar-refractivity contribution in [2.45, 2.75) is 78.2 Å². The van der Waals surface area contributed by atoms with E-state index in [1.54, 1.807) is 0 Å². The molecule has 0 atom stereocenters. The summed E-state index contributed by atoms with van der Waals surface area (Å²) in [4.78, 5) is 2.56. The van der Waals surface area contributed by atoms with Crippen LogP contribution in [0.25, 0.3) is 12.2 Å². The van der Waals surface area contributed by atoms with Crippen LogP contribution in [-0.2, 0) is 16.7 Å². The summed E-state index contributed by atoms with van der Waals surface area (Å²) in [5.41, 5.74) is 3.58. The molecule has 1 N–H and O–H groups in total. The lowest BCUT2D eigenvalue weighted by Crippen LogP contribution is -2.33. The maximum atomic E-state index is 10.8. The molecule has 0 saturated heterocycles. The van der Waals surface area contributed by atoms with E-state index in [2.05, 4.69) is 55.2 Å². The Bertz CT molecular complexity index is 1000. The molecule has 198 valence electrons. The number of anilines is 1. The third-order valence-corrected chi connectivity index (χ3v) is 7.05. The van der Waals surface area contributed by atoms with Crippen LogP contribution in [0.4, 0.5) is 5.69 Å². The summed E-state index contributed by atoms with van der Waals surface area (Å²) in [6, 6.07) is 12.9. The topological polar surface area (TPSA) is 61.5 Å². The first-order chi connectivity index (χ1) is 17.4. The Labute approximate surface area is 219 Å². The second-order valence-corrected chi connectivity index (χ2v) is 11.0. The van der Waals surface area contributed by atoms with Gasteiger partial charge in [-0.15, -0.1) is 0 Å². The van der Waals surface area contributed by atoms with Crippen molar-refractivity contribution < 1.29 is 17.5 Å². The Hall–Kier alpha value is -2.44. The van der Waals surface area contributed by atoms with Gasteiger partial charge in [-0.2, -0.15) is 8.42 Å². The molecule has 1 heterocycles. The van der Waals surface area contributed by atoms with Gasteiger partial charge in [0.2, 0.25) is 0 Å². The van der Waals surface area contributed by atoms with Gasteiger partial charge in [0.05, 0.1) is 5.75 Å².